The van der Waals surface area contributed by atoms with Gasteiger partial charge in [-0.2, -0.15) is 9.97 Å². The maximum Gasteiger partial charge on any atom is 0.305 e. The largest absolute Gasteiger partial charge is 0.463 e. The van der Waals surface area contributed by atoms with Gasteiger partial charge in [-0.1, -0.05) is 26.7 Å². The Bertz CT molecular complexity index is 836. The fourth-order valence-electron chi connectivity index (χ4n) is 2.67. The summed E-state index contributed by atoms with van der Waals surface area (Å²) >= 11 is 5.99. The molecule has 2 aromatic heterocycles. The van der Waals surface area contributed by atoms with Crippen molar-refractivity contribution >= 4 is 40.5 Å². The zero-order valence-corrected chi connectivity index (χ0v) is 19.0. The molecule has 0 aliphatic carbocycles. The first-order valence-electron chi connectivity index (χ1n) is 10.5. The van der Waals surface area contributed by atoms with E-state index in [1.54, 1.807) is 17.9 Å². The van der Waals surface area contributed by atoms with Crippen molar-refractivity contribution in [1.82, 2.24) is 19.5 Å². The van der Waals surface area contributed by atoms with Crippen molar-refractivity contribution in [3.05, 3.63) is 11.6 Å². The molecule has 2 aromatic rings. The molecule has 1 N–H and O–H groups in total. The number of imidazole rings is 1. The lowest BCUT2D eigenvalue weighted by Gasteiger charge is -2.18. The first-order chi connectivity index (χ1) is 15.0. The van der Waals surface area contributed by atoms with Gasteiger partial charge < -0.3 is 19.5 Å². The molecule has 0 aliphatic rings. The Kier molecular flexibility index (Phi) is 10.5. The van der Waals surface area contributed by atoms with Gasteiger partial charge in [0, 0.05) is 19.9 Å². The van der Waals surface area contributed by atoms with Crippen molar-refractivity contribution in [2.45, 2.75) is 65.2 Å². The molecule has 11 heteroatoms. The van der Waals surface area contributed by atoms with Gasteiger partial charge in [0.05, 0.1) is 6.33 Å². The Labute approximate surface area is 186 Å². The SMILES string of the molecule is CCCCC(=O)OCC(COC(=O)CCCC)OCn1cnc2c(NC)nc(Cl)nc21. The molecule has 0 unspecified atom stereocenters. The van der Waals surface area contributed by atoms with Crippen molar-refractivity contribution in [2.24, 2.45) is 0 Å². The summed E-state index contributed by atoms with van der Waals surface area (Å²) in [6, 6.07) is 0. The summed E-state index contributed by atoms with van der Waals surface area (Å²) in [7, 11) is 1.71. The topological polar surface area (TPSA) is 117 Å². The minimum atomic E-state index is -0.630. The van der Waals surface area contributed by atoms with Gasteiger partial charge in [-0.3, -0.25) is 14.2 Å². The van der Waals surface area contributed by atoms with Crippen LogP contribution < -0.4 is 5.32 Å². The molecule has 2 rings (SSSR count). The maximum absolute atomic E-state index is 11.9. The molecule has 0 atom stereocenters. The van der Waals surface area contributed by atoms with Crippen LogP contribution in [0.2, 0.25) is 5.28 Å². The molecular weight excluding hydrogens is 426 g/mol. The summed E-state index contributed by atoms with van der Waals surface area (Å²) in [4.78, 5) is 36.3. The van der Waals surface area contributed by atoms with Crippen molar-refractivity contribution in [3.8, 4) is 0 Å². The number of hydrogen-bond acceptors (Lipinski definition) is 9. The number of carbonyl (C=O) groups excluding carboxylic acids is 2. The Balaban J connectivity index is 2.02. The van der Waals surface area contributed by atoms with E-state index in [1.807, 2.05) is 13.8 Å². The standard InChI is InChI=1S/C20H30ClN5O5/c1-4-6-8-15(27)29-10-14(11-30-16(28)9-7-5-2)31-13-26-12-23-17-18(22-3)24-20(21)25-19(17)26/h12,14H,4-11,13H2,1-3H3,(H,22,24,25). The van der Waals surface area contributed by atoms with Gasteiger partial charge >= 0.3 is 11.9 Å². The fourth-order valence-corrected chi connectivity index (χ4v) is 2.84. The minimum Gasteiger partial charge on any atom is -0.463 e. The lowest BCUT2D eigenvalue weighted by atomic mass is 10.2. The molecule has 31 heavy (non-hydrogen) atoms. The van der Waals surface area contributed by atoms with Gasteiger partial charge in [-0.05, 0) is 24.4 Å². The smallest absolute Gasteiger partial charge is 0.305 e. The lowest BCUT2D eigenvalue weighted by Crippen LogP contribution is -2.29. The molecule has 0 aromatic carbocycles. The van der Waals surface area contributed by atoms with Crippen LogP contribution in [0.3, 0.4) is 0 Å². The molecule has 0 bridgehead atoms. The Hall–Kier alpha value is -2.46. The van der Waals surface area contributed by atoms with Crippen LogP contribution in [-0.2, 0) is 30.5 Å². The van der Waals surface area contributed by atoms with Crippen molar-refractivity contribution in [1.29, 1.82) is 0 Å². The van der Waals surface area contributed by atoms with E-state index in [0.29, 0.717) is 29.8 Å². The average Bonchev–Trinajstić information content (AvgIpc) is 3.17. The van der Waals surface area contributed by atoms with Gasteiger partial charge in [0.1, 0.15) is 26.0 Å². The highest BCUT2D eigenvalue weighted by atomic mass is 35.5. The number of hydrogen-bond donors (Lipinski definition) is 1. The van der Waals surface area contributed by atoms with Crippen LogP contribution in [0.4, 0.5) is 5.82 Å². The summed E-state index contributed by atoms with van der Waals surface area (Å²) in [5, 5.41) is 2.99. The van der Waals surface area contributed by atoms with Gasteiger partial charge in [-0.15, -0.1) is 0 Å². The van der Waals surface area contributed by atoms with Crippen molar-refractivity contribution < 1.29 is 23.8 Å². The quantitative estimate of drug-likeness (QED) is 0.338. The average molecular weight is 456 g/mol. The zero-order chi connectivity index (χ0) is 22.6. The van der Waals surface area contributed by atoms with E-state index in [2.05, 4.69) is 20.3 Å². The number of unbranched alkanes of at least 4 members (excludes halogenated alkanes) is 2. The molecular formula is C20H30ClN5O5. The van der Waals surface area contributed by atoms with Crippen LogP contribution >= 0.6 is 11.6 Å². The van der Waals surface area contributed by atoms with E-state index in [1.165, 1.54) is 0 Å². The molecule has 2 heterocycles. The summed E-state index contributed by atoms with van der Waals surface area (Å²) in [6.45, 7) is 4.01. The highest BCUT2D eigenvalue weighted by Crippen LogP contribution is 2.20. The van der Waals surface area contributed by atoms with Crippen LogP contribution in [0.5, 0.6) is 0 Å². The molecule has 0 fully saturated rings. The van der Waals surface area contributed by atoms with E-state index in [0.717, 1.165) is 25.7 Å². The first-order valence-corrected chi connectivity index (χ1v) is 10.8. The number of fused-ring (bicyclic) bond motifs is 1. The number of carbonyl (C=O) groups is 2. The summed E-state index contributed by atoms with van der Waals surface area (Å²) in [5.41, 5.74) is 1.03. The lowest BCUT2D eigenvalue weighted by molar-refractivity contribution is -0.157. The number of rotatable bonds is 14. The fraction of sp³-hybridized carbons (Fsp3) is 0.650. The van der Waals surface area contributed by atoms with Gasteiger partial charge in [0.2, 0.25) is 5.28 Å². The predicted octanol–water partition coefficient (Wildman–Crippen LogP) is 3.33. The van der Waals surface area contributed by atoms with E-state index >= 15 is 0 Å². The molecule has 0 amide bonds. The van der Waals surface area contributed by atoms with Crippen molar-refractivity contribution in [2.75, 3.05) is 25.6 Å². The van der Waals surface area contributed by atoms with E-state index in [4.69, 9.17) is 25.8 Å². The Morgan fingerprint density at radius 2 is 1.71 bits per heavy atom. The molecule has 0 saturated heterocycles. The Morgan fingerprint density at radius 3 is 2.26 bits per heavy atom. The van der Waals surface area contributed by atoms with Crippen LogP contribution in [0.25, 0.3) is 11.2 Å². The van der Waals surface area contributed by atoms with Gasteiger partial charge in [0.25, 0.3) is 0 Å². The number of anilines is 1. The minimum absolute atomic E-state index is 0.0201. The monoisotopic (exact) mass is 455 g/mol. The third-order valence-corrected chi connectivity index (χ3v) is 4.62. The predicted molar refractivity (Wildman–Crippen MR) is 116 cm³/mol. The number of nitrogens with one attached hydrogen (secondary N) is 1. The second-order valence-electron chi connectivity index (χ2n) is 6.97. The molecule has 0 spiro atoms. The van der Waals surface area contributed by atoms with Gasteiger partial charge in [-0.25, -0.2) is 4.98 Å². The maximum atomic E-state index is 11.9. The first kappa shape index (κ1) is 24.8. The normalized spacial score (nSPS) is 11.1. The van der Waals surface area contributed by atoms with Crippen LogP contribution in [0.15, 0.2) is 6.33 Å². The highest BCUT2D eigenvalue weighted by Gasteiger charge is 2.18. The number of aromatic nitrogens is 4. The van der Waals surface area contributed by atoms with E-state index in [9.17, 15) is 9.59 Å². The number of nitrogens with zero attached hydrogens (tertiary/aromatic N) is 4. The second kappa shape index (κ2) is 13.1. The van der Waals surface area contributed by atoms with Gasteiger partial charge in [0.15, 0.2) is 17.0 Å². The van der Waals surface area contributed by atoms with E-state index < -0.39 is 6.10 Å². The third kappa shape index (κ3) is 7.95. The zero-order valence-electron chi connectivity index (χ0n) is 18.2. The molecule has 172 valence electrons. The van der Waals surface area contributed by atoms with Crippen LogP contribution in [0, 0.1) is 0 Å². The third-order valence-electron chi connectivity index (χ3n) is 4.45. The number of esters is 2. The summed E-state index contributed by atoms with van der Waals surface area (Å²) in [5.74, 6) is -0.113. The second-order valence-corrected chi connectivity index (χ2v) is 7.31. The van der Waals surface area contributed by atoms with Crippen molar-refractivity contribution in [3.63, 3.8) is 0 Å². The Morgan fingerprint density at radius 1 is 1.10 bits per heavy atom. The number of halogens is 1. The molecule has 0 saturated carbocycles. The van der Waals surface area contributed by atoms with Crippen LogP contribution in [0.1, 0.15) is 52.4 Å². The highest BCUT2D eigenvalue weighted by molar-refractivity contribution is 6.28. The molecule has 0 aliphatic heterocycles. The van der Waals surface area contributed by atoms with Crippen LogP contribution in [-0.4, -0.2) is 57.8 Å². The summed E-state index contributed by atoms with van der Waals surface area (Å²) < 4.78 is 18.1. The molecule has 10 nitrogen and oxygen atoms in total. The summed E-state index contributed by atoms with van der Waals surface area (Å²) in [6.07, 6.45) is 4.91. The number of ether oxygens (including phenoxy) is 3. The van der Waals surface area contributed by atoms with E-state index in [-0.39, 0.29) is 37.2 Å². The molecule has 0 radical (unpaired) electrons.